The molecule has 31 heavy (non-hydrogen) atoms. The zero-order chi connectivity index (χ0) is 21.2. The van der Waals surface area contributed by atoms with Crippen LogP contribution in [0.2, 0.25) is 0 Å². The molecule has 1 fully saturated rings. The van der Waals surface area contributed by atoms with Crippen LogP contribution in [0.1, 0.15) is 38.6 Å². The Kier molecular flexibility index (Phi) is 5.71. The smallest absolute Gasteiger partial charge is 0.286 e. The maximum Gasteiger partial charge on any atom is 0.286 e. The van der Waals surface area contributed by atoms with Gasteiger partial charge in [-0.15, -0.1) is 21.5 Å². The van der Waals surface area contributed by atoms with E-state index in [0.29, 0.717) is 23.2 Å². The minimum absolute atomic E-state index is 0.309. The highest BCUT2D eigenvalue weighted by atomic mass is 32.1. The molecule has 4 aromatic rings. The van der Waals surface area contributed by atoms with Gasteiger partial charge in [-0.05, 0) is 62.3 Å². The summed E-state index contributed by atoms with van der Waals surface area (Å²) in [6.45, 7) is 2.63. The van der Waals surface area contributed by atoms with E-state index in [1.807, 2.05) is 6.07 Å². The molecule has 6 nitrogen and oxygen atoms in total. The molecule has 2 aromatic carbocycles. The van der Waals surface area contributed by atoms with Gasteiger partial charge in [0.25, 0.3) is 5.91 Å². The molecule has 0 bridgehead atoms. The van der Waals surface area contributed by atoms with Crippen LogP contribution in [0.3, 0.4) is 0 Å². The number of rotatable bonds is 5. The van der Waals surface area contributed by atoms with E-state index in [1.54, 1.807) is 11.3 Å². The molecule has 5 rings (SSSR count). The Morgan fingerprint density at radius 3 is 2.61 bits per heavy atom. The number of carbonyl (C=O) groups is 1. The lowest BCUT2D eigenvalue weighted by molar-refractivity contribution is 0.102. The summed E-state index contributed by atoms with van der Waals surface area (Å²) in [5.74, 6) is -0.173. The Hall–Kier alpha value is -2.75. The second-order valence-corrected chi connectivity index (χ2v) is 9.66. The average molecular weight is 454 g/mol. The van der Waals surface area contributed by atoms with Gasteiger partial charge in [0.05, 0.1) is 21.8 Å². The van der Waals surface area contributed by atoms with E-state index in [0.717, 1.165) is 36.5 Å². The number of halogens is 1. The third-order valence-corrected chi connectivity index (χ3v) is 7.47. The van der Waals surface area contributed by atoms with E-state index in [4.69, 9.17) is 4.98 Å². The lowest BCUT2D eigenvalue weighted by atomic mass is 9.97. The monoisotopic (exact) mass is 453 g/mol. The fraction of sp³-hybridized carbons (Fsp3) is 0.273. The van der Waals surface area contributed by atoms with Crippen molar-refractivity contribution in [1.82, 2.24) is 20.1 Å². The number of fused-ring (bicyclic) bond motifs is 1. The molecule has 0 spiro atoms. The Morgan fingerprint density at radius 1 is 1.06 bits per heavy atom. The van der Waals surface area contributed by atoms with Gasteiger partial charge < -0.3 is 5.32 Å². The van der Waals surface area contributed by atoms with Gasteiger partial charge in [0.1, 0.15) is 10.8 Å². The van der Waals surface area contributed by atoms with E-state index in [1.165, 1.54) is 45.3 Å². The van der Waals surface area contributed by atoms with Gasteiger partial charge in [-0.25, -0.2) is 9.37 Å². The predicted molar refractivity (Wildman–Crippen MR) is 121 cm³/mol. The van der Waals surface area contributed by atoms with Gasteiger partial charge >= 0.3 is 0 Å². The van der Waals surface area contributed by atoms with E-state index >= 15 is 0 Å². The Labute approximate surface area is 186 Å². The maximum atomic E-state index is 13.0. The van der Waals surface area contributed by atoms with Crippen molar-refractivity contribution in [1.29, 1.82) is 0 Å². The normalized spacial score (nSPS) is 15.4. The van der Waals surface area contributed by atoms with Crippen molar-refractivity contribution < 1.29 is 9.18 Å². The van der Waals surface area contributed by atoms with Crippen molar-refractivity contribution in [3.8, 4) is 0 Å². The van der Waals surface area contributed by atoms with E-state index < -0.39 is 0 Å². The fourth-order valence-electron chi connectivity index (χ4n) is 3.72. The summed E-state index contributed by atoms with van der Waals surface area (Å²) in [4.78, 5) is 19.5. The van der Waals surface area contributed by atoms with Gasteiger partial charge in [0.15, 0.2) is 0 Å². The number of aromatic nitrogens is 3. The summed E-state index contributed by atoms with van der Waals surface area (Å²) in [6, 6.07) is 13.9. The number of carbonyl (C=O) groups excluding carboxylic acids is 1. The molecule has 9 heteroatoms. The molecule has 0 unspecified atom stereocenters. The molecular formula is C22H20FN5OS2. The molecule has 2 aromatic heterocycles. The molecule has 3 heterocycles. The minimum atomic E-state index is -0.344. The lowest BCUT2D eigenvalue weighted by Crippen LogP contribution is -2.32. The predicted octanol–water partition coefficient (Wildman–Crippen LogP) is 4.92. The summed E-state index contributed by atoms with van der Waals surface area (Å²) in [5, 5.41) is 13.3. The molecule has 1 N–H and O–H groups in total. The molecular weight excluding hydrogens is 433 g/mol. The first-order chi connectivity index (χ1) is 15.1. The number of benzene rings is 2. The average Bonchev–Trinajstić information content (AvgIpc) is 3.43. The first-order valence-electron chi connectivity index (χ1n) is 10.1. The van der Waals surface area contributed by atoms with Gasteiger partial charge in [-0.3, -0.25) is 9.69 Å². The van der Waals surface area contributed by atoms with Crippen molar-refractivity contribution in [3.63, 3.8) is 0 Å². The van der Waals surface area contributed by atoms with Crippen LogP contribution in [-0.2, 0) is 6.54 Å². The van der Waals surface area contributed by atoms with Crippen LogP contribution in [-0.4, -0.2) is 39.1 Å². The van der Waals surface area contributed by atoms with Crippen LogP contribution >= 0.6 is 22.7 Å². The number of thiazole rings is 1. The number of nitrogens with zero attached hydrogens (tertiary/aromatic N) is 4. The fourth-order valence-corrected chi connectivity index (χ4v) is 5.63. The quantitative estimate of drug-likeness (QED) is 0.465. The molecule has 1 aliphatic rings. The summed E-state index contributed by atoms with van der Waals surface area (Å²) in [6.07, 6.45) is 2.13. The van der Waals surface area contributed by atoms with Crippen molar-refractivity contribution in [2.24, 2.45) is 0 Å². The zero-order valence-electron chi connectivity index (χ0n) is 16.6. The largest absolute Gasteiger partial charge is 0.320 e. The van der Waals surface area contributed by atoms with Crippen molar-refractivity contribution in [3.05, 3.63) is 69.4 Å². The molecule has 0 aliphatic carbocycles. The van der Waals surface area contributed by atoms with Crippen LogP contribution in [0.5, 0.6) is 0 Å². The van der Waals surface area contributed by atoms with Crippen molar-refractivity contribution in [2.45, 2.75) is 25.3 Å². The third-order valence-electron chi connectivity index (χ3n) is 5.37. The molecule has 1 saturated heterocycles. The number of nitrogens with one attached hydrogen (secondary N) is 1. The Balaban J connectivity index is 1.16. The van der Waals surface area contributed by atoms with E-state index in [2.05, 4.69) is 38.6 Å². The standard InChI is InChI=1S/C22H20FN5OS2/c23-15-5-7-16(8-6-15)24-20(29)22-27-26-19(31-22)13-28-11-9-14(10-12-28)21-25-17-3-1-2-4-18(17)30-21/h1-8,14H,9-13H2,(H,24,29). The minimum Gasteiger partial charge on any atom is -0.320 e. The maximum absolute atomic E-state index is 13.0. The molecule has 1 aliphatic heterocycles. The third kappa shape index (κ3) is 4.63. The second kappa shape index (κ2) is 8.78. The van der Waals surface area contributed by atoms with Crippen molar-refractivity contribution in [2.75, 3.05) is 18.4 Å². The van der Waals surface area contributed by atoms with Crippen LogP contribution in [0.4, 0.5) is 10.1 Å². The van der Waals surface area contributed by atoms with Crippen LogP contribution in [0, 0.1) is 5.82 Å². The first-order valence-corrected chi connectivity index (χ1v) is 11.7. The highest BCUT2D eigenvalue weighted by Crippen LogP contribution is 2.34. The van der Waals surface area contributed by atoms with Gasteiger partial charge in [0.2, 0.25) is 5.01 Å². The summed E-state index contributed by atoms with van der Waals surface area (Å²) in [7, 11) is 0. The highest BCUT2D eigenvalue weighted by molar-refractivity contribution is 7.18. The molecule has 0 radical (unpaired) electrons. The van der Waals surface area contributed by atoms with Gasteiger partial charge in [-0.2, -0.15) is 0 Å². The number of hydrogen-bond acceptors (Lipinski definition) is 7. The Bertz CT molecular complexity index is 1170. The summed E-state index contributed by atoms with van der Waals surface area (Å²) >= 11 is 3.10. The van der Waals surface area contributed by atoms with Crippen LogP contribution in [0.15, 0.2) is 48.5 Å². The number of hydrogen-bond donors (Lipinski definition) is 1. The molecule has 0 saturated carbocycles. The van der Waals surface area contributed by atoms with Crippen molar-refractivity contribution >= 4 is 44.5 Å². The number of anilines is 1. The zero-order valence-corrected chi connectivity index (χ0v) is 18.3. The first kappa shape index (κ1) is 20.2. The van der Waals surface area contributed by atoms with Crippen LogP contribution < -0.4 is 5.32 Å². The highest BCUT2D eigenvalue weighted by Gasteiger charge is 2.24. The topological polar surface area (TPSA) is 71.0 Å². The van der Waals surface area contributed by atoms with Crippen LogP contribution in [0.25, 0.3) is 10.2 Å². The Morgan fingerprint density at radius 2 is 1.84 bits per heavy atom. The lowest BCUT2D eigenvalue weighted by Gasteiger charge is -2.30. The SMILES string of the molecule is O=C(Nc1ccc(F)cc1)c1nnc(CN2CCC(c3nc4ccccc4s3)CC2)s1. The summed E-state index contributed by atoms with van der Waals surface area (Å²) < 4.78 is 14.3. The number of likely N-dealkylation sites (tertiary alicyclic amines) is 1. The number of piperidine rings is 1. The molecule has 158 valence electrons. The number of para-hydroxylation sites is 1. The molecule has 0 atom stereocenters. The second-order valence-electron chi connectivity index (χ2n) is 7.53. The summed E-state index contributed by atoms with van der Waals surface area (Å²) in [5.41, 5.74) is 1.62. The van der Waals surface area contributed by atoms with Gasteiger partial charge in [-0.1, -0.05) is 23.5 Å². The van der Waals surface area contributed by atoms with Gasteiger partial charge in [0, 0.05) is 11.6 Å². The van der Waals surface area contributed by atoms with E-state index in [9.17, 15) is 9.18 Å². The molecule has 1 amide bonds. The number of amides is 1. The van der Waals surface area contributed by atoms with E-state index in [-0.39, 0.29) is 11.7 Å².